The van der Waals surface area contributed by atoms with Gasteiger partial charge in [-0.1, -0.05) is 18.2 Å². The van der Waals surface area contributed by atoms with Crippen molar-refractivity contribution < 1.29 is 14.3 Å². The first-order valence-corrected chi connectivity index (χ1v) is 11.9. The van der Waals surface area contributed by atoms with Gasteiger partial charge in [0.05, 0.1) is 12.2 Å². The van der Waals surface area contributed by atoms with Gasteiger partial charge in [0, 0.05) is 17.6 Å². The number of nitrogens with one attached hydrogen (secondary N) is 1. The van der Waals surface area contributed by atoms with E-state index in [2.05, 4.69) is 10.1 Å². The lowest BCUT2D eigenvalue weighted by atomic mass is 10.1. The summed E-state index contributed by atoms with van der Waals surface area (Å²) in [6.45, 7) is 4.74. The number of ether oxygens (including phenoxy) is 2. The molecule has 0 unspecified atom stereocenters. The van der Waals surface area contributed by atoms with Crippen LogP contribution in [0, 0.1) is 12.3 Å². The number of amidine groups is 2. The van der Waals surface area contributed by atoms with Crippen LogP contribution in [0.2, 0.25) is 0 Å². The highest BCUT2D eigenvalue weighted by atomic mass is 32.2. The molecule has 1 N–H and O–H groups in total. The summed E-state index contributed by atoms with van der Waals surface area (Å²) in [4.78, 5) is 17.0. The van der Waals surface area contributed by atoms with E-state index in [1.807, 2.05) is 85.3 Å². The van der Waals surface area contributed by atoms with Crippen LogP contribution in [-0.4, -0.2) is 44.7 Å². The molecule has 1 aromatic heterocycles. The predicted molar refractivity (Wildman–Crippen MR) is 139 cm³/mol. The van der Waals surface area contributed by atoms with E-state index in [1.54, 1.807) is 6.08 Å². The number of hydrogen-bond donors (Lipinski definition) is 1. The monoisotopic (exact) mass is 485 g/mol. The van der Waals surface area contributed by atoms with Gasteiger partial charge in [0.15, 0.2) is 5.84 Å². The highest BCUT2D eigenvalue weighted by Gasteiger charge is 2.36. The Morgan fingerprint density at radius 2 is 1.86 bits per heavy atom. The largest absolute Gasteiger partial charge is 0.494 e. The summed E-state index contributed by atoms with van der Waals surface area (Å²) in [6.07, 6.45) is 3.57. The molecule has 0 bridgehead atoms. The molecule has 2 aliphatic heterocycles. The minimum Gasteiger partial charge on any atom is -0.494 e. The number of hydrazone groups is 1. The second-order valence-corrected chi connectivity index (χ2v) is 8.84. The van der Waals surface area contributed by atoms with E-state index in [1.165, 1.54) is 16.8 Å². The maximum atomic E-state index is 12.8. The Morgan fingerprint density at radius 3 is 2.63 bits per heavy atom. The summed E-state index contributed by atoms with van der Waals surface area (Å²) in [5.41, 5.74) is 2.86. The number of nitrogens with zero attached hydrogens (tertiary/aromatic N) is 4. The van der Waals surface area contributed by atoms with Crippen LogP contribution in [0.4, 0.5) is 0 Å². The molecular formula is C26H23N5O3S. The topological polar surface area (TPSA) is 92.3 Å². The quantitative estimate of drug-likeness (QED) is 0.482. The molecule has 5 rings (SSSR count). The molecule has 0 saturated carbocycles. The summed E-state index contributed by atoms with van der Waals surface area (Å²) in [6, 6.07) is 19.2. The molecule has 0 fully saturated rings. The second kappa shape index (κ2) is 9.63. The van der Waals surface area contributed by atoms with E-state index in [-0.39, 0.29) is 18.0 Å². The highest BCUT2D eigenvalue weighted by molar-refractivity contribution is 8.27. The molecule has 0 atom stereocenters. The van der Waals surface area contributed by atoms with E-state index in [9.17, 15) is 4.79 Å². The first-order valence-electron chi connectivity index (χ1n) is 11.1. The van der Waals surface area contributed by atoms with E-state index in [4.69, 9.17) is 14.9 Å². The van der Waals surface area contributed by atoms with Crippen LogP contribution >= 0.6 is 11.8 Å². The molecule has 1 amide bonds. The Morgan fingerprint density at radius 1 is 1.06 bits per heavy atom. The van der Waals surface area contributed by atoms with Crippen LogP contribution in [0.15, 0.2) is 82.5 Å². The summed E-state index contributed by atoms with van der Waals surface area (Å²) in [5.74, 6) is 1.08. The van der Waals surface area contributed by atoms with Crippen molar-refractivity contribution in [2.24, 2.45) is 10.1 Å². The molecule has 3 heterocycles. The SMILES string of the molecule is CCOc1ccc(-n2cccc2/C=C2/C(=N)N3N=C(COc4ccccc4C)SC3=NC2=O)cc1. The van der Waals surface area contributed by atoms with E-state index in [0.29, 0.717) is 16.8 Å². The smallest absolute Gasteiger partial charge is 0.283 e. The van der Waals surface area contributed by atoms with Crippen molar-refractivity contribution in [1.82, 2.24) is 9.58 Å². The third-order valence-electron chi connectivity index (χ3n) is 5.44. The van der Waals surface area contributed by atoms with Crippen molar-refractivity contribution in [2.45, 2.75) is 13.8 Å². The van der Waals surface area contributed by atoms with Crippen LogP contribution in [0.1, 0.15) is 18.2 Å². The summed E-state index contributed by atoms with van der Waals surface area (Å²) in [5, 5.41) is 15.5. The predicted octanol–water partition coefficient (Wildman–Crippen LogP) is 4.88. The van der Waals surface area contributed by atoms with Crippen LogP contribution in [0.5, 0.6) is 11.5 Å². The van der Waals surface area contributed by atoms with Gasteiger partial charge in [-0.25, -0.2) is 0 Å². The summed E-state index contributed by atoms with van der Waals surface area (Å²) >= 11 is 1.24. The van der Waals surface area contributed by atoms with Crippen LogP contribution < -0.4 is 9.47 Å². The molecule has 176 valence electrons. The van der Waals surface area contributed by atoms with Crippen LogP contribution in [0.25, 0.3) is 11.8 Å². The fourth-order valence-electron chi connectivity index (χ4n) is 3.71. The van der Waals surface area contributed by atoms with E-state index < -0.39 is 5.91 Å². The standard InChI is InChI=1S/C26H23N5O3S/c1-3-33-20-12-10-18(11-13-20)30-14-6-8-19(30)15-21-24(27)31-26(28-25(21)32)35-23(29-31)16-34-22-9-5-4-7-17(22)2/h4-15,27H,3,16H2,1-2H3/b21-15-,27-24?. The Balaban J connectivity index is 1.36. The molecule has 0 aliphatic carbocycles. The molecule has 2 aromatic carbocycles. The number of para-hydroxylation sites is 1. The molecule has 35 heavy (non-hydrogen) atoms. The lowest BCUT2D eigenvalue weighted by Crippen LogP contribution is -2.35. The number of aromatic nitrogens is 1. The molecular weight excluding hydrogens is 462 g/mol. The van der Waals surface area contributed by atoms with Gasteiger partial charge in [-0.15, -0.1) is 0 Å². The third kappa shape index (κ3) is 4.63. The average Bonchev–Trinajstić information content (AvgIpc) is 3.49. The Labute approximate surface area is 207 Å². The fourth-order valence-corrected chi connectivity index (χ4v) is 4.51. The molecule has 0 radical (unpaired) electrons. The molecule has 8 nitrogen and oxygen atoms in total. The molecule has 0 spiro atoms. The number of carbonyl (C=O) groups is 1. The first kappa shape index (κ1) is 22.7. The van der Waals surface area contributed by atoms with Gasteiger partial charge >= 0.3 is 0 Å². The van der Waals surface area contributed by atoms with Crippen molar-refractivity contribution in [3.05, 3.63) is 83.7 Å². The fraction of sp³-hybridized carbons (Fsp3) is 0.154. The number of aliphatic imine (C=N–C) groups is 1. The van der Waals surface area contributed by atoms with Gasteiger partial charge in [0.2, 0.25) is 5.17 Å². The van der Waals surface area contributed by atoms with Gasteiger partial charge in [0.1, 0.15) is 23.1 Å². The molecule has 9 heteroatoms. The third-order valence-corrected chi connectivity index (χ3v) is 6.32. The number of fused-ring (bicyclic) bond motifs is 1. The molecule has 2 aliphatic rings. The number of benzene rings is 2. The number of amides is 1. The molecule has 0 saturated heterocycles. The zero-order chi connectivity index (χ0) is 24.4. The normalized spacial score (nSPS) is 16.3. The Hall–Kier alpha value is -4.11. The zero-order valence-electron chi connectivity index (χ0n) is 19.3. The van der Waals surface area contributed by atoms with Gasteiger partial charge in [-0.3, -0.25) is 10.2 Å². The minimum atomic E-state index is -0.468. The van der Waals surface area contributed by atoms with Crippen molar-refractivity contribution in [2.75, 3.05) is 13.2 Å². The number of carbonyl (C=O) groups excluding carboxylic acids is 1. The number of rotatable bonds is 7. The summed E-state index contributed by atoms with van der Waals surface area (Å²) < 4.78 is 13.3. The Bertz CT molecular complexity index is 1390. The molecule has 3 aromatic rings. The van der Waals surface area contributed by atoms with E-state index >= 15 is 0 Å². The van der Waals surface area contributed by atoms with Crippen LogP contribution in [0.3, 0.4) is 0 Å². The van der Waals surface area contributed by atoms with E-state index in [0.717, 1.165) is 28.4 Å². The Kier molecular flexibility index (Phi) is 6.24. The number of hydrogen-bond acceptors (Lipinski definition) is 6. The second-order valence-electron chi connectivity index (χ2n) is 7.80. The number of aryl methyl sites for hydroxylation is 1. The first-order chi connectivity index (χ1) is 17.0. The van der Waals surface area contributed by atoms with Gasteiger partial charge in [-0.2, -0.15) is 15.1 Å². The van der Waals surface area contributed by atoms with Gasteiger partial charge in [-0.05, 0) is 79.7 Å². The van der Waals surface area contributed by atoms with Gasteiger partial charge < -0.3 is 14.0 Å². The van der Waals surface area contributed by atoms with Gasteiger partial charge in [0.25, 0.3) is 5.91 Å². The van der Waals surface area contributed by atoms with Crippen LogP contribution in [-0.2, 0) is 4.79 Å². The highest BCUT2D eigenvalue weighted by Crippen LogP contribution is 2.29. The maximum absolute atomic E-state index is 12.8. The number of thioether (sulfide) groups is 1. The lowest BCUT2D eigenvalue weighted by Gasteiger charge is -2.20. The van der Waals surface area contributed by atoms with Crippen molar-refractivity contribution in [3.63, 3.8) is 0 Å². The van der Waals surface area contributed by atoms with Crippen molar-refractivity contribution in [3.8, 4) is 17.2 Å². The summed E-state index contributed by atoms with van der Waals surface area (Å²) in [7, 11) is 0. The minimum absolute atomic E-state index is 0.0159. The average molecular weight is 486 g/mol. The zero-order valence-corrected chi connectivity index (χ0v) is 20.1. The van der Waals surface area contributed by atoms with Crippen molar-refractivity contribution >= 4 is 39.8 Å². The lowest BCUT2D eigenvalue weighted by molar-refractivity contribution is -0.114. The maximum Gasteiger partial charge on any atom is 0.283 e. The van der Waals surface area contributed by atoms with Crippen molar-refractivity contribution in [1.29, 1.82) is 5.41 Å².